The first-order chi connectivity index (χ1) is 17.5. The molecular formula is C23H23F3N8O3. The molecule has 1 saturated heterocycles. The van der Waals surface area contributed by atoms with Gasteiger partial charge in [0, 0.05) is 30.2 Å². The van der Waals surface area contributed by atoms with Crippen LogP contribution in [0.15, 0.2) is 22.9 Å². The van der Waals surface area contributed by atoms with Gasteiger partial charge in [0.05, 0.1) is 17.0 Å². The maximum absolute atomic E-state index is 13.9. The standard InChI is InChI=1S/C23H23F3N8O3/c1-10-4-5-13(9-34(10)22(35)36)28-21-27-8-15(23(24,25)26)19(30-21)18-14-6-7-16(29-20(14)32-31-18)17-11(2)33-37-12(17)3/h6-8,10,13H,4-5,9H2,1-3H3,(H,35,36)(H,27,28,30)(H,29,31,32)/t10-,13-/m1/s1. The summed E-state index contributed by atoms with van der Waals surface area (Å²) >= 11 is 0. The number of hydrogen-bond donors (Lipinski definition) is 3. The highest BCUT2D eigenvalue weighted by molar-refractivity contribution is 5.92. The lowest BCUT2D eigenvalue weighted by Gasteiger charge is -2.36. The van der Waals surface area contributed by atoms with E-state index in [0.717, 1.165) is 0 Å². The average Bonchev–Trinajstić information content (AvgIpc) is 3.41. The number of rotatable bonds is 4. The Balaban J connectivity index is 1.52. The number of carboxylic acid groups (broad SMARTS) is 1. The number of anilines is 1. The molecule has 0 aromatic carbocycles. The molecule has 11 nitrogen and oxygen atoms in total. The van der Waals surface area contributed by atoms with E-state index in [0.29, 0.717) is 47.1 Å². The van der Waals surface area contributed by atoms with Crippen LogP contribution in [-0.4, -0.2) is 65.0 Å². The topological polar surface area (TPSA) is 146 Å². The largest absolute Gasteiger partial charge is 0.465 e. The second kappa shape index (κ2) is 9.01. The van der Waals surface area contributed by atoms with Gasteiger partial charge in [-0.2, -0.15) is 18.3 Å². The molecule has 194 valence electrons. The first-order valence-corrected chi connectivity index (χ1v) is 11.5. The van der Waals surface area contributed by atoms with E-state index in [4.69, 9.17) is 4.52 Å². The quantitative estimate of drug-likeness (QED) is 0.353. The maximum Gasteiger partial charge on any atom is 0.420 e. The van der Waals surface area contributed by atoms with Crippen LogP contribution in [0, 0.1) is 13.8 Å². The van der Waals surface area contributed by atoms with Gasteiger partial charge in [0.25, 0.3) is 0 Å². The van der Waals surface area contributed by atoms with Crippen LogP contribution in [0.1, 0.15) is 36.8 Å². The SMILES string of the molecule is Cc1noc(C)c1-c1ccc2c(-c3nc(N[C@@H]4CC[C@@H](C)N(C(=O)O)C4)ncc3C(F)(F)F)n[nH]c2n1. The Hall–Kier alpha value is -4.23. The minimum Gasteiger partial charge on any atom is -0.465 e. The number of nitrogens with zero attached hydrogens (tertiary/aromatic N) is 6. The van der Waals surface area contributed by atoms with Crippen molar-refractivity contribution in [2.45, 2.75) is 51.9 Å². The van der Waals surface area contributed by atoms with Gasteiger partial charge in [0.1, 0.15) is 22.7 Å². The number of piperidine rings is 1. The molecule has 0 unspecified atom stereocenters. The van der Waals surface area contributed by atoms with Crippen molar-refractivity contribution >= 4 is 23.1 Å². The van der Waals surface area contributed by atoms with Crippen LogP contribution in [-0.2, 0) is 6.18 Å². The summed E-state index contributed by atoms with van der Waals surface area (Å²) in [5.74, 6) is 0.512. The zero-order chi connectivity index (χ0) is 26.5. The van der Waals surface area contributed by atoms with Crippen molar-refractivity contribution in [3.05, 3.63) is 35.3 Å². The second-order valence-corrected chi connectivity index (χ2v) is 9.02. The van der Waals surface area contributed by atoms with Crippen LogP contribution >= 0.6 is 0 Å². The predicted octanol–water partition coefficient (Wildman–Crippen LogP) is 4.65. The van der Waals surface area contributed by atoms with Crippen LogP contribution in [0.3, 0.4) is 0 Å². The van der Waals surface area contributed by atoms with Crippen molar-refractivity contribution in [2.24, 2.45) is 0 Å². The van der Waals surface area contributed by atoms with E-state index >= 15 is 0 Å². The number of pyridine rings is 1. The van der Waals surface area contributed by atoms with Gasteiger partial charge in [-0.05, 0) is 45.7 Å². The lowest BCUT2D eigenvalue weighted by molar-refractivity contribution is -0.137. The maximum atomic E-state index is 13.9. The number of carbonyl (C=O) groups is 1. The number of likely N-dealkylation sites (tertiary alicyclic amines) is 1. The fourth-order valence-electron chi connectivity index (χ4n) is 4.59. The summed E-state index contributed by atoms with van der Waals surface area (Å²) in [4.78, 5) is 25.3. The summed E-state index contributed by atoms with van der Waals surface area (Å²) in [7, 11) is 0. The first-order valence-electron chi connectivity index (χ1n) is 11.5. The summed E-state index contributed by atoms with van der Waals surface area (Å²) in [6.07, 6.45) is -3.87. The van der Waals surface area contributed by atoms with E-state index in [-0.39, 0.29) is 35.9 Å². The van der Waals surface area contributed by atoms with Crippen LogP contribution in [0.25, 0.3) is 33.7 Å². The van der Waals surface area contributed by atoms with Crippen molar-refractivity contribution < 1.29 is 27.6 Å². The average molecular weight is 516 g/mol. The fourth-order valence-corrected chi connectivity index (χ4v) is 4.59. The molecule has 4 aromatic rings. The number of halogens is 3. The summed E-state index contributed by atoms with van der Waals surface area (Å²) in [5.41, 5.74) is 0.637. The van der Waals surface area contributed by atoms with E-state index < -0.39 is 23.5 Å². The molecule has 0 spiro atoms. The Labute approximate surface area is 208 Å². The summed E-state index contributed by atoms with van der Waals surface area (Å²) in [6.45, 7) is 5.48. The molecule has 0 bridgehead atoms. The van der Waals surface area contributed by atoms with Crippen LogP contribution in [0.2, 0.25) is 0 Å². The van der Waals surface area contributed by atoms with Gasteiger partial charge in [0.2, 0.25) is 5.95 Å². The summed E-state index contributed by atoms with van der Waals surface area (Å²) in [5, 5.41) is 23.5. The van der Waals surface area contributed by atoms with Crippen LogP contribution < -0.4 is 5.32 Å². The monoisotopic (exact) mass is 516 g/mol. The lowest BCUT2D eigenvalue weighted by Crippen LogP contribution is -2.49. The molecule has 1 fully saturated rings. The molecule has 5 rings (SSSR count). The smallest absolute Gasteiger partial charge is 0.420 e. The fraction of sp³-hybridized carbons (Fsp3) is 0.391. The van der Waals surface area contributed by atoms with E-state index in [1.165, 1.54) is 4.90 Å². The molecule has 4 aromatic heterocycles. The highest BCUT2D eigenvalue weighted by Gasteiger charge is 2.37. The van der Waals surface area contributed by atoms with Gasteiger partial charge in [0.15, 0.2) is 5.65 Å². The zero-order valence-electron chi connectivity index (χ0n) is 20.1. The zero-order valence-corrected chi connectivity index (χ0v) is 20.1. The number of fused-ring (bicyclic) bond motifs is 1. The van der Waals surface area contributed by atoms with Gasteiger partial charge in [-0.15, -0.1) is 0 Å². The van der Waals surface area contributed by atoms with Crippen molar-refractivity contribution in [1.82, 2.24) is 35.2 Å². The number of amides is 1. The Morgan fingerprint density at radius 2 is 2.00 bits per heavy atom. The van der Waals surface area contributed by atoms with E-state index in [1.807, 2.05) is 6.92 Å². The summed E-state index contributed by atoms with van der Waals surface area (Å²) < 4.78 is 46.9. The van der Waals surface area contributed by atoms with E-state index in [9.17, 15) is 23.1 Å². The highest BCUT2D eigenvalue weighted by atomic mass is 19.4. The second-order valence-electron chi connectivity index (χ2n) is 9.02. The Morgan fingerprint density at radius 1 is 1.22 bits per heavy atom. The Morgan fingerprint density at radius 3 is 2.68 bits per heavy atom. The third-order valence-corrected chi connectivity index (χ3v) is 6.49. The number of aryl methyl sites for hydroxylation is 2. The molecule has 1 aliphatic heterocycles. The van der Waals surface area contributed by atoms with Crippen molar-refractivity contribution in [1.29, 1.82) is 0 Å². The molecule has 2 atom stereocenters. The van der Waals surface area contributed by atoms with Gasteiger partial charge in [-0.3, -0.25) is 5.10 Å². The third-order valence-electron chi connectivity index (χ3n) is 6.49. The normalized spacial score (nSPS) is 18.4. The van der Waals surface area contributed by atoms with Gasteiger partial charge < -0.3 is 19.8 Å². The molecule has 1 aliphatic rings. The van der Waals surface area contributed by atoms with E-state index in [2.05, 4.69) is 35.6 Å². The highest BCUT2D eigenvalue weighted by Crippen LogP contribution is 2.38. The molecule has 1 amide bonds. The molecule has 14 heteroatoms. The van der Waals surface area contributed by atoms with Crippen LogP contribution in [0.4, 0.5) is 23.9 Å². The Kier molecular flexibility index (Phi) is 5.96. The first kappa shape index (κ1) is 24.5. The van der Waals surface area contributed by atoms with Crippen molar-refractivity contribution in [3.63, 3.8) is 0 Å². The minimum atomic E-state index is -4.73. The predicted molar refractivity (Wildman–Crippen MR) is 126 cm³/mol. The number of alkyl halides is 3. The molecule has 37 heavy (non-hydrogen) atoms. The molecule has 3 N–H and O–H groups in total. The van der Waals surface area contributed by atoms with E-state index in [1.54, 1.807) is 26.0 Å². The van der Waals surface area contributed by atoms with Gasteiger partial charge in [-0.25, -0.2) is 19.7 Å². The van der Waals surface area contributed by atoms with Gasteiger partial charge >= 0.3 is 12.3 Å². The number of aromatic nitrogens is 6. The van der Waals surface area contributed by atoms with Crippen molar-refractivity contribution in [2.75, 3.05) is 11.9 Å². The van der Waals surface area contributed by atoms with Crippen molar-refractivity contribution in [3.8, 4) is 22.6 Å². The molecular weight excluding hydrogens is 493 g/mol. The Bertz CT molecular complexity index is 1460. The lowest BCUT2D eigenvalue weighted by atomic mass is 10.00. The molecule has 0 saturated carbocycles. The molecule has 0 radical (unpaired) electrons. The van der Waals surface area contributed by atoms with Crippen LogP contribution in [0.5, 0.6) is 0 Å². The number of aromatic amines is 1. The number of H-pyrrole nitrogens is 1. The molecule has 0 aliphatic carbocycles. The third kappa shape index (κ3) is 4.54. The van der Waals surface area contributed by atoms with Gasteiger partial charge in [-0.1, -0.05) is 5.16 Å². The number of nitrogens with one attached hydrogen (secondary N) is 2. The molecule has 5 heterocycles. The number of hydrogen-bond acceptors (Lipinski definition) is 8. The summed E-state index contributed by atoms with van der Waals surface area (Å²) in [6, 6.07) is 2.76. The minimum absolute atomic E-state index is 0.0324.